The second kappa shape index (κ2) is 4.81. The zero-order valence-electron chi connectivity index (χ0n) is 10.5. The van der Waals surface area contributed by atoms with Crippen LogP contribution < -0.4 is 5.32 Å². The Morgan fingerprint density at radius 1 is 1.35 bits per heavy atom. The Morgan fingerprint density at radius 3 is 2.24 bits per heavy atom. The number of nitrogens with one attached hydrogen (secondary N) is 1. The fourth-order valence-corrected chi connectivity index (χ4v) is 1.81. The van der Waals surface area contributed by atoms with Crippen molar-refractivity contribution in [3.05, 3.63) is 0 Å². The van der Waals surface area contributed by atoms with E-state index in [2.05, 4.69) is 5.32 Å². The van der Waals surface area contributed by atoms with Gasteiger partial charge in [-0.15, -0.1) is 0 Å². The molecule has 1 fully saturated rings. The quantitative estimate of drug-likeness (QED) is 0.610. The van der Waals surface area contributed by atoms with Gasteiger partial charge in [0.1, 0.15) is 5.60 Å². The molecule has 1 unspecified atom stereocenters. The number of alkyl carbamates (subject to hydrolysis) is 1. The van der Waals surface area contributed by atoms with Crippen LogP contribution in [0.15, 0.2) is 0 Å². The van der Waals surface area contributed by atoms with Crippen molar-refractivity contribution in [3.63, 3.8) is 0 Å². The van der Waals surface area contributed by atoms with Gasteiger partial charge in [-0.25, -0.2) is 8.98 Å². The minimum atomic E-state index is -3.59. The average Bonchev–Trinajstić information content (AvgIpc) is 2.76. The maximum Gasteiger partial charge on any atom is 0.409 e. The molecule has 1 aliphatic carbocycles. The van der Waals surface area contributed by atoms with E-state index in [-0.39, 0.29) is 5.92 Å². The lowest BCUT2D eigenvalue weighted by Crippen LogP contribution is -2.42. The first-order valence-corrected chi connectivity index (χ1v) is 7.26. The van der Waals surface area contributed by atoms with Crippen molar-refractivity contribution in [2.75, 3.05) is 6.26 Å². The highest BCUT2D eigenvalue weighted by atomic mass is 32.2. The van der Waals surface area contributed by atoms with E-state index in [1.165, 1.54) is 0 Å². The summed E-state index contributed by atoms with van der Waals surface area (Å²) < 4.78 is 31.9. The van der Waals surface area contributed by atoms with Gasteiger partial charge in [0.05, 0.1) is 6.26 Å². The summed E-state index contributed by atoms with van der Waals surface area (Å²) in [5.41, 5.74) is -0.622. The summed E-state index contributed by atoms with van der Waals surface area (Å²) in [6.07, 6.45) is 1.16. The minimum absolute atomic E-state index is 0.0530. The van der Waals surface area contributed by atoms with Crippen LogP contribution in [0, 0.1) is 5.92 Å². The average molecular weight is 265 g/mol. The van der Waals surface area contributed by atoms with Crippen LogP contribution in [-0.4, -0.2) is 32.6 Å². The molecule has 0 saturated heterocycles. The van der Waals surface area contributed by atoms with Gasteiger partial charge in [-0.05, 0) is 33.6 Å². The van der Waals surface area contributed by atoms with Crippen LogP contribution in [0.2, 0.25) is 0 Å². The van der Waals surface area contributed by atoms with Crippen LogP contribution in [-0.2, 0) is 19.0 Å². The predicted molar refractivity (Wildman–Crippen MR) is 61.8 cm³/mol. The molecule has 1 atom stereocenters. The molecule has 0 spiro atoms. The SMILES string of the molecule is CC(C)(C)OC(=O)NC(OS(C)(=O)=O)C1CC1. The number of hydrogen-bond donors (Lipinski definition) is 1. The number of carbonyl (C=O) groups excluding carboxylic acids is 1. The van der Waals surface area contributed by atoms with Crippen LogP contribution in [0.25, 0.3) is 0 Å². The molecule has 1 rings (SSSR count). The number of rotatable bonds is 4. The van der Waals surface area contributed by atoms with Crippen LogP contribution in [0.4, 0.5) is 4.79 Å². The van der Waals surface area contributed by atoms with Crippen LogP contribution >= 0.6 is 0 Å². The van der Waals surface area contributed by atoms with Crippen LogP contribution in [0.3, 0.4) is 0 Å². The van der Waals surface area contributed by atoms with E-state index in [1.807, 2.05) is 0 Å². The number of carbonyl (C=O) groups is 1. The van der Waals surface area contributed by atoms with Gasteiger partial charge in [0.25, 0.3) is 10.1 Å². The molecule has 0 aliphatic heterocycles. The maximum atomic E-state index is 11.5. The van der Waals surface area contributed by atoms with Gasteiger partial charge in [-0.2, -0.15) is 8.42 Å². The standard InChI is InChI=1S/C10H19NO5S/c1-10(2,3)15-9(12)11-8(7-5-6-7)16-17(4,13)14/h7-8H,5-6H2,1-4H3,(H,11,12). The van der Waals surface area contributed by atoms with E-state index in [4.69, 9.17) is 8.92 Å². The number of hydrogen-bond acceptors (Lipinski definition) is 5. The molecular weight excluding hydrogens is 246 g/mol. The van der Waals surface area contributed by atoms with Crippen molar-refractivity contribution in [2.24, 2.45) is 5.92 Å². The Balaban J connectivity index is 2.53. The second-order valence-electron chi connectivity index (χ2n) is 5.20. The summed E-state index contributed by atoms with van der Waals surface area (Å²) in [6.45, 7) is 5.20. The molecule has 1 aliphatic rings. The van der Waals surface area contributed by atoms with Gasteiger partial charge in [-0.3, -0.25) is 5.32 Å². The van der Waals surface area contributed by atoms with Gasteiger partial charge in [0.2, 0.25) is 0 Å². The molecule has 0 heterocycles. The molecule has 1 amide bonds. The molecule has 6 nitrogen and oxygen atoms in total. The van der Waals surface area contributed by atoms with Crippen LogP contribution in [0.1, 0.15) is 33.6 Å². The summed E-state index contributed by atoms with van der Waals surface area (Å²) in [5.74, 6) is 0.0530. The van der Waals surface area contributed by atoms with Crippen molar-refractivity contribution in [2.45, 2.75) is 45.4 Å². The van der Waals surface area contributed by atoms with Gasteiger partial charge < -0.3 is 4.74 Å². The zero-order chi connectivity index (χ0) is 13.3. The Bertz CT molecular complexity index is 380. The highest BCUT2D eigenvalue weighted by molar-refractivity contribution is 7.86. The molecule has 0 aromatic rings. The third kappa shape index (κ3) is 6.48. The summed E-state index contributed by atoms with van der Waals surface area (Å²) in [7, 11) is -3.59. The number of amides is 1. The molecule has 100 valence electrons. The predicted octanol–water partition coefficient (Wildman–Crippen LogP) is 1.22. The summed E-state index contributed by atoms with van der Waals surface area (Å²) >= 11 is 0. The molecule has 0 aromatic heterocycles. The van der Waals surface area contributed by atoms with Crippen molar-refractivity contribution in [1.82, 2.24) is 5.32 Å². The van der Waals surface area contributed by atoms with Gasteiger partial charge in [0.15, 0.2) is 6.23 Å². The highest BCUT2D eigenvalue weighted by Crippen LogP contribution is 2.33. The second-order valence-corrected chi connectivity index (χ2v) is 6.81. The molecule has 1 saturated carbocycles. The Hall–Kier alpha value is -0.820. The lowest BCUT2D eigenvalue weighted by molar-refractivity contribution is 0.0377. The third-order valence-corrected chi connectivity index (χ3v) is 2.54. The Morgan fingerprint density at radius 2 is 1.88 bits per heavy atom. The van der Waals surface area contributed by atoms with Crippen LogP contribution in [0.5, 0.6) is 0 Å². The largest absolute Gasteiger partial charge is 0.444 e. The molecule has 0 bridgehead atoms. The fraction of sp³-hybridized carbons (Fsp3) is 0.900. The Kier molecular flexibility index (Phi) is 4.03. The monoisotopic (exact) mass is 265 g/mol. The first-order valence-electron chi connectivity index (χ1n) is 5.44. The van der Waals surface area contributed by atoms with Crippen molar-refractivity contribution >= 4 is 16.2 Å². The highest BCUT2D eigenvalue weighted by Gasteiger charge is 2.36. The molecule has 0 radical (unpaired) electrons. The van der Waals surface area contributed by atoms with E-state index in [1.54, 1.807) is 20.8 Å². The summed E-state index contributed by atoms with van der Waals surface area (Å²) in [6, 6.07) is 0. The molecule has 0 aromatic carbocycles. The normalized spacial score (nSPS) is 18.6. The van der Waals surface area contributed by atoms with Gasteiger partial charge in [0, 0.05) is 5.92 Å². The van der Waals surface area contributed by atoms with Crippen molar-refractivity contribution in [3.8, 4) is 0 Å². The summed E-state index contributed by atoms with van der Waals surface area (Å²) in [4.78, 5) is 11.5. The van der Waals surface area contributed by atoms with Crippen molar-refractivity contribution < 1.29 is 22.1 Å². The van der Waals surface area contributed by atoms with E-state index < -0.39 is 28.0 Å². The summed E-state index contributed by atoms with van der Waals surface area (Å²) in [5, 5.41) is 2.43. The van der Waals surface area contributed by atoms with E-state index in [0.29, 0.717) is 0 Å². The minimum Gasteiger partial charge on any atom is -0.444 e. The van der Waals surface area contributed by atoms with E-state index in [9.17, 15) is 13.2 Å². The molecule has 17 heavy (non-hydrogen) atoms. The molecule has 7 heteroatoms. The lowest BCUT2D eigenvalue weighted by atomic mass is 10.2. The topological polar surface area (TPSA) is 81.7 Å². The first-order chi connectivity index (χ1) is 7.57. The Labute approximate surface area is 102 Å². The van der Waals surface area contributed by atoms with E-state index >= 15 is 0 Å². The van der Waals surface area contributed by atoms with Gasteiger partial charge in [-0.1, -0.05) is 0 Å². The van der Waals surface area contributed by atoms with Gasteiger partial charge >= 0.3 is 6.09 Å². The maximum absolute atomic E-state index is 11.5. The fourth-order valence-electron chi connectivity index (χ4n) is 1.23. The molecular formula is C10H19NO5S. The zero-order valence-corrected chi connectivity index (χ0v) is 11.3. The lowest BCUT2D eigenvalue weighted by Gasteiger charge is -2.23. The first kappa shape index (κ1) is 14.2. The van der Waals surface area contributed by atoms with E-state index in [0.717, 1.165) is 19.1 Å². The number of ether oxygens (including phenoxy) is 1. The third-order valence-electron chi connectivity index (χ3n) is 1.99. The smallest absolute Gasteiger partial charge is 0.409 e. The van der Waals surface area contributed by atoms with Crippen molar-refractivity contribution in [1.29, 1.82) is 0 Å². The molecule has 1 N–H and O–H groups in total.